The number of pyridine rings is 1. The minimum atomic E-state index is -0.108. The summed E-state index contributed by atoms with van der Waals surface area (Å²) in [5.41, 5.74) is 1.86. The van der Waals surface area contributed by atoms with Gasteiger partial charge in [0, 0.05) is 27.2 Å². The van der Waals surface area contributed by atoms with E-state index in [1.807, 2.05) is 18.2 Å². The predicted molar refractivity (Wildman–Crippen MR) is 84.3 cm³/mol. The van der Waals surface area contributed by atoms with Crippen molar-refractivity contribution < 1.29 is 4.79 Å². The van der Waals surface area contributed by atoms with Crippen LogP contribution in [0.25, 0.3) is 10.9 Å². The molecule has 0 radical (unpaired) electrons. The van der Waals surface area contributed by atoms with Crippen LogP contribution in [-0.2, 0) is 0 Å². The van der Waals surface area contributed by atoms with Gasteiger partial charge in [0.05, 0.1) is 10.5 Å². The number of nitrogens with zero attached hydrogens (tertiary/aromatic N) is 1. The SMILES string of the molecule is O=C(c1ccc2cccnc2c1)c1cccc(Br)c1Cl. The second kappa shape index (κ2) is 5.35. The third-order valence-electron chi connectivity index (χ3n) is 3.06. The van der Waals surface area contributed by atoms with E-state index in [0.29, 0.717) is 20.6 Å². The van der Waals surface area contributed by atoms with Gasteiger partial charge in [-0.15, -0.1) is 0 Å². The summed E-state index contributed by atoms with van der Waals surface area (Å²) in [6.45, 7) is 0. The van der Waals surface area contributed by atoms with Crippen molar-refractivity contribution in [1.29, 1.82) is 0 Å². The van der Waals surface area contributed by atoms with E-state index < -0.39 is 0 Å². The highest BCUT2D eigenvalue weighted by Crippen LogP contribution is 2.28. The normalized spacial score (nSPS) is 10.7. The van der Waals surface area contributed by atoms with Crippen LogP contribution in [-0.4, -0.2) is 10.8 Å². The predicted octanol–water partition coefficient (Wildman–Crippen LogP) is 4.88. The second-order valence-electron chi connectivity index (χ2n) is 4.34. The third kappa shape index (κ3) is 2.35. The van der Waals surface area contributed by atoms with Gasteiger partial charge in [-0.3, -0.25) is 9.78 Å². The Kier molecular flexibility index (Phi) is 3.55. The first-order chi connectivity index (χ1) is 9.66. The van der Waals surface area contributed by atoms with Gasteiger partial charge in [-0.2, -0.15) is 0 Å². The van der Waals surface area contributed by atoms with Crippen molar-refractivity contribution in [3.05, 3.63) is 75.4 Å². The number of ketones is 1. The molecule has 0 aliphatic rings. The molecule has 0 bridgehead atoms. The molecule has 0 saturated carbocycles. The fourth-order valence-electron chi connectivity index (χ4n) is 2.04. The molecule has 0 amide bonds. The van der Waals surface area contributed by atoms with E-state index in [2.05, 4.69) is 20.9 Å². The highest BCUT2D eigenvalue weighted by Gasteiger charge is 2.14. The molecule has 0 spiro atoms. The summed E-state index contributed by atoms with van der Waals surface area (Å²) in [7, 11) is 0. The van der Waals surface area contributed by atoms with Gasteiger partial charge in [0.1, 0.15) is 0 Å². The summed E-state index contributed by atoms with van der Waals surface area (Å²) in [4.78, 5) is 16.8. The molecule has 3 rings (SSSR count). The molecule has 0 aliphatic heterocycles. The van der Waals surface area contributed by atoms with Gasteiger partial charge in [0.25, 0.3) is 0 Å². The monoisotopic (exact) mass is 345 g/mol. The van der Waals surface area contributed by atoms with Gasteiger partial charge < -0.3 is 0 Å². The average molecular weight is 347 g/mol. The molecular weight excluding hydrogens is 338 g/mol. The van der Waals surface area contributed by atoms with Crippen molar-refractivity contribution in [3.63, 3.8) is 0 Å². The minimum absolute atomic E-state index is 0.108. The lowest BCUT2D eigenvalue weighted by molar-refractivity contribution is 0.103. The van der Waals surface area contributed by atoms with E-state index >= 15 is 0 Å². The number of hydrogen-bond donors (Lipinski definition) is 0. The Morgan fingerprint density at radius 3 is 2.80 bits per heavy atom. The van der Waals surface area contributed by atoms with E-state index in [9.17, 15) is 4.79 Å². The van der Waals surface area contributed by atoms with E-state index in [0.717, 1.165) is 10.9 Å². The maximum Gasteiger partial charge on any atom is 0.194 e. The minimum Gasteiger partial charge on any atom is -0.289 e. The molecule has 0 N–H and O–H groups in total. The summed E-state index contributed by atoms with van der Waals surface area (Å²) in [6, 6.07) is 14.6. The molecule has 0 fully saturated rings. The van der Waals surface area contributed by atoms with Crippen LogP contribution in [0.2, 0.25) is 5.02 Å². The number of benzene rings is 2. The van der Waals surface area contributed by atoms with Crippen molar-refractivity contribution in [2.24, 2.45) is 0 Å². The van der Waals surface area contributed by atoms with Gasteiger partial charge in [-0.1, -0.05) is 35.9 Å². The van der Waals surface area contributed by atoms with Gasteiger partial charge >= 0.3 is 0 Å². The van der Waals surface area contributed by atoms with E-state index in [1.165, 1.54) is 0 Å². The Labute approximate surface area is 129 Å². The Bertz CT molecular complexity index is 816. The third-order valence-corrected chi connectivity index (χ3v) is 4.36. The Morgan fingerprint density at radius 1 is 1.10 bits per heavy atom. The van der Waals surface area contributed by atoms with Crippen LogP contribution in [0.4, 0.5) is 0 Å². The fraction of sp³-hybridized carbons (Fsp3) is 0. The number of fused-ring (bicyclic) bond motifs is 1. The van der Waals surface area contributed by atoms with Crippen LogP contribution in [0.3, 0.4) is 0 Å². The molecule has 98 valence electrons. The molecular formula is C16H9BrClNO. The van der Waals surface area contributed by atoms with E-state index in [1.54, 1.807) is 36.5 Å². The maximum absolute atomic E-state index is 12.5. The smallest absolute Gasteiger partial charge is 0.194 e. The zero-order valence-electron chi connectivity index (χ0n) is 10.3. The summed E-state index contributed by atoms with van der Waals surface area (Å²) in [6.07, 6.45) is 1.71. The highest BCUT2D eigenvalue weighted by molar-refractivity contribution is 9.10. The van der Waals surface area contributed by atoms with E-state index in [-0.39, 0.29) is 5.78 Å². The van der Waals surface area contributed by atoms with Crippen molar-refractivity contribution in [2.75, 3.05) is 0 Å². The standard InChI is InChI=1S/C16H9BrClNO/c17-13-5-1-4-12(15(13)18)16(20)11-7-6-10-3-2-8-19-14(10)9-11/h1-9H. The van der Waals surface area contributed by atoms with Crippen LogP contribution < -0.4 is 0 Å². The highest BCUT2D eigenvalue weighted by atomic mass is 79.9. The number of hydrogen-bond acceptors (Lipinski definition) is 2. The van der Waals surface area contributed by atoms with Crippen molar-refractivity contribution in [2.45, 2.75) is 0 Å². The van der Waals surface area contributed by atoms with Gasteiger partial charge in [-0.05, 0) is 40.2 Å². The molecule has 1 aromatic heterocycles. The largest absolute Gasteiger partial charge is 0.289 e. The zero-order chi connectivity index (χ0) is 14.1. The zero-order valence-corrected chi connectivity index (χ0v) is 12.6. The summed E-state index contributed by atoms with van der Waals surface area (Å²) < 4.78 is 0.712. The molecule has 0 aliphatic carbocycles. The fourth-order valence-corrected chi connectivity index (χ4v) is 2.62. The molecule has 2 nitrogen and oxygen atoms in total. The molecule has 0 atom stereocenters. The topological polar surface area (TPSA) is 30.0 Å². The van der Waals surface area contributed by atoms with Crippen molar-refractivity contribution in [1.82, 2.24) is 4.98 Å². The lowest BCUT2D eigenvalue weighted by Crippen LogP contribution is -2.02. The molecule has 2 aromatic carbocycles. The summed E-state index contributed by atoms with van der Waals surface area (Å²) in [5, 5.41) is 1.43. The molecule has 0 saturated heterocycles. The number of rotatable bonds is 2. The first-order valence-corrected chi connectivity index (χ1v) is 7.17. The molecule has 1 heterocycles. The first-order valence-electron chi connectivity index (χ1n) is 6.00. The van der Waals surface area contributed by atoms with Crippen LogP contribution in [0.1, 0.15) is 15.9 Å². The maximum atomic E-state index is 12.5. The Balaban J connectivity index is 2.10. The second-order valence-corrected chi connectivity index (χ2v) is 5.57. The number of aromatic nitrogens is 1. The van der Waals surface area contributed by atoms with Gasteiger partial charge in [0.15, 0.2) is 5.78 Å². The molecule has 4 heteroatoms. The average Bonchev–Trinajstić information content (AvgIpc) is 2.49. The molecule has 20 heavy (non-hydrogen) atoms. The Hall–Kier alpha value is -1.71. The number of carbonyl (C=O) groups excluding carboxylic acids is 1. The van der Waals surface area contributed by atoms with Crippen molar-refractivity contribution in [3.8, 4) is 0 Å². The summed E-state index contributed by atoms with van der Waals surface area (Å²) >= 11 is 9.50. The number of carbonyl (C=O) groups is 1. The quantitative estimate of drug-likeness (QED) is 0.619. The first kappa shape index (κ1) is 13.3. The van der Waals surface area contributed by atoms with Crippen LogP contribution in [0, 0.1) is 0 Å². The Morgan fingerprint density at radius 2 is 1.95 bits per heavy atom. The number of halogens is 2. The van der Waals surface area contributed by atoms with Gasteiger partial charge in [-0.25, -0.2) is 0 Å². The molecule has 3 aromatic rings. The van der Waals surface area contributed by atoms with Crippen LogP contribution in [0.5, 0.6) is 0 Å². The lowest BCUT2D eigenvalue weighted by atomic mass is 10.0. The van der Waals surface area contributed by atoms with Crippen LogP contribution in [0.15, 0.2) is 59.2 Å². The lowest BCUT2D eigenvalue weighted by Gasteiger charge is -2.06. The van der Waals surface area contributed by atoms with Crippen molar-refractivity contribution >= 4 is 44.2 Å². The van der Waals surface area contributed by atoms with Gasteiger partial charge in [0.2, 0.25) is 0 Å². The molecule has 0 unspecified atom stereocenters. The summed E-state index contributed by atoms with van der Waals surface area (Å²) in [5.74, 6) is -0.108. The van der Waals surface area contributed by atoms with Crippen LogP contribution >= 0.6 is 27.5 Å². The van der Waals surface area contributed by atoms with E-state index in [4.69, 9.17) is 11.6 Å².